The Morgan fingerprint density at radius 2 is 0.763 bits per heavy atom. The Morgan fingerprint density at radius 1 is 0.500 bits per heavy atom. The zero-order chi connectivity index (χ0) is 27.0. The molecular weight excluding hydrogens is 512 g/mol. The quantitative estimate of drug-likeness (QED) is 0.204. The van der Waals surface area contributed by atoms with Crippen LogP contribution in [0.5, 0.6) is 0 Å². The summed E-state index contributed by atoms with van der Waals surface area (Å²) in [7, 11) is -5.65. The van der Waals surface area contributed by atoms with E-state index in [1.54, 1.807) is 0 Å². The lowest BCUT2D eigenvalue weighted by Crippen LogP contribution is -2.71. The molecule has 216 valence electrons. The van der Waals surface area contributed by atoms with Gasteiger partial charge in [0.2, 0.25) is 0 Å². The average molecular weight is 565 g/mol. The van der Waals surface area contributed by atoms with Crippen molar-refractivity contribution in [2.45, 2.75) is 80.1 Å². The first-order chi connectivity index (χ1) is 18.4. The van der Waals surface area contributed by atoms with Crippen LogP contribution >= 0.6 is 0 Å². The van der Waals surface area contributed by atoms with Gasteiger partial charge in [0.05, 0.1) is 0 Å². The summed E-state index contributed by atoms with van der Waals surface area (Å²) in [5.74, 6) is 4.57. The molecule has 0 spiro atoms. The van der Waals surface area contributed by atoms with Crippen molar-refractivity contribution in [2.75, 3.05) is 39.6 Å². The molecule has 0 heterocycles. The highest BCUT2D eigenvalue weighted by molar-refractivity contribution is 6.66. The van der Waals surface area contributed by atoms with E-state index in [1.807, 2.05) is 41.5 Å². The van der Waals surface area contributed by atoms with Crippen LogP contribution in [0, 0.1) is 46.3 Å². The summed E-state index contributed by atoms with van der Waals surface area (Å²) in [5, 5.41) is 0. The highest BCUT2D eigenvalue weighted by Gasteiger charge is 2.73. The zero-order valence-electron chi connectivity index (χ0n) is 24.7. The minimum Gasteiger partial charge on any atom is -0.371 e. The topological polar surface area (TPSA) is 55.4 Å². The lowest BCUT2D eigenvalue weighted by molar-refractivity contribution is -0.265. The van der Waals surface area contributed by atoms with Gasteiger partial charge >= 0.3 is 17.6 Å². The molecule has 0 aromatic carbocycles. The molecule has 8 heteroatoms. The zero-order valence-corrected chi connectivity index (χ0v) is 26.7. The molecule has 0 radical (unpaired) electrons. The summed E-state index contributed by atoms with van der Waals surface area (Å²) >= 11 is 0. The van der Waals surface area contributed by atoms with Crippen LogP contribution in [0.4, 0.5) is 0 Å². The third-order valence-electron chi connectivity index (χ3n) is 10.6. The summed E-state index contributed by atoms with van der Waals surface area (Å²) in [4.78, 5) is 0. The van der Waals surface area contributed by atoms with Crippen molar-refractivity contribution >= 4 is 17.6 Å². The Hall–Kier alpha value is -0.326. The Labute approximate surface area is 233 Å². The largest absolute Gasteiger partial charge is 0.529 e. The maximum Gasteiger partial charge on any atom is 0.529 e. The van der Waals surface area contributed by atoms with Crippen molar-refractivity contribution < 1.29 is 26.6 Å². The van der Waals surface area contributed by atoms with Crippen LogP contribution in [0.2, 0.25) is 0 Å². The van der Waals surface area contributed by atoms with Crippen molar-refractivity contribution in [3.63, 3.8) is 0 Å². The molecule has 7 fully saturated rings. The normalized spacial score (nSPS) is 39.4. The van der Waals surface area contributed by atoms with Gasteiger partial charge in [0.25, 0.3) is 0 Å². The van der Waals surface area contributed by atoms with E-state index in [4.69, 9.17) is 26.6 Å². The van der Waals surface area contributed by atoms with Crippen LogP contribution < -0.4 is 0 Å². The highest BCUT2D eigenvalue weighted by Crippen LogP contribution is 2.80. The predicted molar refractivity (Wildman–Crippen MR) is 153 cm³/mol. The monoisotopic (exact) mass is 564 g/mol. The highest BCUT2D eigenvalue weighted by atomic mass is 28.4. The molecule has 7 aliphatic carbocycles. The minimum atomic E-state index is -2.83. The second kappa shape index (κ2) is 11.5. The Kier molecular flexibility index (Phi) is 8.84. The van der Waals surface area contributed by atoms with Crippen LogP contribution in [0.3, 0.4) is 0 Å². The minimum absolute atomic E-state index is 0.266. The molecule has 4 atom stereocenters. The fourth-order valence-electron chi connectivity index (χ4n) is 10.0. The van der Waals surface area contributed by atoms with E-state index in [2.05, 4.69) is 23.6 Å². The van der Waals surface area contributed by atoms with Gasteiger partial charge < -0.3 is 26.6 Å². The van der Waals surface area contributed by atoms with E-state index in [0.717, 1.165) is 35.5 Å². The Bertz CT molecular complexity index is 749. The van der Waals surface area contributed by atoms with Crippen LogP contribution in [0.25, 0.3) is 0 Å². The molecule has 7 rings (SSSR count). The van der Waals surface area contributed by atoms with E-state index >= 15 is 0 Å². The third kappa shape index (κ3) is 4.69. The van der Waals surface area contributed by atoms with Gasteiger partial charge in [-0.2, -0.15) is 0 Å². The van der Waals surface area contributed by atoms with Crippen molar-refractivity contribution in [2.24, 2.45) is 46.3 Å². The molecule has 0 N–H and O–H groups in total. The first-order valence-electron chi connectivity index (χ1n) is 15.6. The molecule has 7 aliphatic rings. The molecule has 0 aromatic heterocycles. The Morgan fingerprint density at radius 3 is 1.00 bits per heavy atom. The van der Waals surface area contributed by atoms with Gasteiger partial charge in [-0.1, -0.05) is 12.2 Å². The lowest BCUT2D eigenvalue weighted by atomic mass is 9.27. The number of hydrogen-bond acceptors (Lipinski definition) is 6. The maximum absolute atomic E-state index is 6.25. The average Bonchev–Trinajstić information content (AvgIpc) is 2.90. The standard InChI is InChI=1S/C30H52O6Si2/c1-7-31-37(32-8-2,33-9-3)15-13-29-21-23-19-27-25(29)17-24-18-26(29)28(20-23)30(27,22-24)14-16-38(34-10-4,35-11-5)36-12-6/h13-16,23-28H,7-12,17-22H2,1-6H3/b15-13+,16-14+. The molecule has 8 bridgehead atoms. The predicted octanol–water partition coefficient (Wildman–Crippen LogP) is 6.35. The summed E-state index contributed by atoms with van der Waals surface area (Å²) in [6, 6.07) is 0. The van der Waals surface area contributed by atoms with Gasteiger partial charge in [-0.15, -0.1) is 0 Å². The van der Waals surface area contributed by atoms with Crippen molar-refractivity contribution in [1.29, 1.82) is 0 Å². The van der Waals surface area contributed by atoms with Gasteiger partial charge in [-0.05, 0) is 138 Å². The summed E-state index contributed by atoms with van der Waals surface area (Å²) in [5.41, 5.74) is 5.13. The van der Waals surface area contributed by atoms with E-state index in [0.29, 0.717) is 39.6 Å². The van der Waals surface area contributed by atoms with Gasteiger partial charge in [0.1, 0.15) is 0 Å². The molecule has 0 aromatic rings. The summed E-state index contributed by atoms with van der Waals surface area (Å²) in [6.07, 6.45) is 13.3. The Balaban J connectivity index is 1.50. The second-order valence-electron chi connectivity index (χ2n) is 12.2. The molecule has 0 amide bonds. The smallest absolute Gasteiger partial charge is 0.371 e. The van der Waals surface area contributed by atoms with E-state index in [9.17, 15) is 0 Å². The fraction of sp³-hybridized carbons (Fsp3) is 0.867. The molecule has 7 saturated carbocycles. The van der Waals surface area contributed by atoms with Crippen LogP contribution in [-0.4, -0.2) is 57.3 Å². The van der Waals surface area contributed by atoms with Crippen LogP contribution in [0.15, 0.2) is 23.6 Å². The molecular formula is C30H52O6Si2. The number of rotatable bonds is 16. The van der Waals surface area contributed by atoms with Gasteiger partial charge in [-0.3, -0.25) is 0 Å². The van der Waals surface area contributed by atoms with E-state index < -0.39 is 17.6 Å². The fourth-order valence-corrected chi connectivity index (χ4v) is 14.6. The summed E-state index contributed by atoms with van der Waals surface area (Å²) < 4.78 is 37.5. The lowest BCUT2D eigenvalue weighted by Gasteiger charge is -2.78. The molecule has 0 aliphatic heterocycles. The van der Waals surface area contributed by atoms with E-state index in [1.165, 1.54) is 38.5 Å². The van der Waals surface area contributed by atoms with Gasteiger partial charge in [0, 0.05) is 39.6 Å². The van der Waals surface area contributed by atoms with Gasteiger partial charge in [0.15, 0.2) is 0 Å². The van der Waals surface area contributed by atoms with Crippen molar-refractivity contribution in [3.05, 3.63) is 23.6 Å². The first-order valence-corrected chi connectivity index (χ1v) is 19.2. The summed E-state index contributed by atoms with van der Waals surface area (Å²) in [6.45, 7) is 16.0. The second-order valence-corrected chi connectivity index (χ2v) is 17.0. The maximum atomic E-state index is 6.25. The molecule has 38 heavy (non-hydrogen) atoms. The molecule has 0 saturated heterocycles. The van der Waals surface area contributed by atoms with Crippen molar-refractivity contribution in [3.8, 4) is 0 Å². The number of hydrogen-bond donors (Lipinski definition) is 0. The first kappa shape index (κ1) is 29.2. The third-order valence-corrected chi connectivity index (χ3v) is 15.9. The van der Waals surface area contributed by atoms with Gasteiger partial charge in [-0.25, -0.2) is 0 Å². The SMILES string of the molecule is CCO[Si](/C=C/C12CC3CC4C1CC1CC2C(C3)C4(/C=C/[Si](OCC)(OCC)OCC)C1)(OCC)OCC. The number of allylic oxidation sites excluding steroid dienone is 2. The van der Waals surface area contributed by atoms with E-state index in [-0.39, 0.29) is 10.8 Å². The van der Waals surface area contributed by atoms with Crippen molar-refractivity contribution in [1.82, 2.24) is 0 Å². The van der Waals surface area contributed by atoms with Crippen LogP contribution in [-0.2, 0) is 26.6 Å². The molecule has 4 unspecified atom stereocenters. The molecule has 6 nitrogen and oxygen atoms in total. The van der Waals surface area contributed by atoms with Crippen LogP contribution in [0.1, 0.15) is 80.1 Å².